The molecule has 2 heteroatoms. The Kier molecular flexibility index (Phi) is 1.18. The van der Waals surface area contributed by atoms with Crippen molar-refractivity contribution in [2.75, 3.05) is 0 Å². The average Bonchev–Trinajstić information content (AvgIpc) is 1.98. The van der Waals surface area contributed by atoms with E-state index in [4.69, 9.17) is 5.11 Å². The van der Waals surface area contributed by atoms with E-state index in [2.05, 4.69) is 0 Å². The Morgan fingerprint density at radius 2 is 2.38 bits per heavy atom. The number of hydrogen-bond acceptors (Lipinski definition) is 2. The molecule has 0 aromatic heterocycles. The van der Waals surface area contributed by atoms with Gasteiger partial charge < -0.3 is 5.11 Å². The van der Waals surface area contributed by atoms with Crippen LogP contribution in [-0.4, -0.2) is 17.0 Å². The van der Waals surface area contributed by atoms with Gasteiger partial charge in [-0.25, -0.2) is 0 Å². The zero-order valence-corrected chi connectivity index (χ0v) is 4.66. The van der Waals surface area contributed by atoms with E-state index in [1.165, 1.54) is 6.08 Å². The highest BCUT2D eigenvalue weighted by molar-refractivity contribution is 5.96. The molecule has 0 bridgehead atoms. The number of rotatable bonds is 0. The summed E-state index contributed by atoms with van der Waals surface area (Å²) in [6.07, 6.45) is 2.37. The van der Waals surface area contributed by atoms with E-state index in [1.54, 1.807) is 6.08 Å². The number of carbonyl (C=O) groups excluding carboxylic acids is 1. The molecule has 44 valence electrons. The number of ketones is 1. The first kappa shape index (κ1) is 5.51. The summed E-state index contributed by atoms with van der Waals surface area (Å²) in [6, 6.07) is 0. The third-order valence-corrected chi connectivity index (χ3v) is 1.35. The first-order valence-corrected chi connectivity index (χ1v) is 2.62. The Labute approximate surface area is 47.8 Å². The second kappa shape index (κ2) is 1.71. The van der Waals surface area contributed by atoms with Gasteiger partial charge in [0.25, 0.3) is 0 Å². The summed E-state index contributed by atoms with van der Waals surface area (Å²) in [6.45, 7) is 1.81. The van der Waals surface area contributed by atoms with Crippen LogP contribution in [-0.2, 0) is 4.79 Å². The lowest BCUT2D eigenvalue weighted by Gasteiger charge is -2.02. The van der Waals surface area contributed by atoms with Gasteiger partial charge in [-0.15, -0.1) is 0 Å². The SMILES string of the molecule is CC1C=CC(=O)C1O. The number of aliphatic hydroxyl groups is 1. The highest BCUT2D eigenvalue weighted by atomic mass is 16.3. The summed E-state index contributed by atoms with van der Waals surface area (Å²) >= 11 is 0. The van der Waals surface area contributed by atoms with E-state index in [0.29, 0.717) is 0 Å². The van der Waals surface area contributed by atoms with E-state index in [9.17, 15) is 4.79 Å². The van der Waals surface area contributed by atoms with Crippen LogP contribution in [0.1, 0.15) is 6.92 Å². The van der Waals surface area contributed by atoms with Crippen molar-refractivity contribution in [3.63, 3.8) is 0 Å². The molecule has 0 aliphatic heterocycles. The Morgan fingerprint density at radius 3 is 2.50 bits per heavy atom. The van der Waals surface area contributed by atoms with E-state index >= 15 is 0 Å². The molecule has 0 radical (unpaired) electrons. The van der Waals surface area contributed by atoms with Gasteiger partial charge in [-0.2, -0.15) is 0 Å². The maximum Gasteiger partial charge on any atom is 0.184 e. The Hall–Kier alpha value is -0.630. The van der Waals surface area contributed by atoms with E-state index < -0.39 is 6.10 Å². The van der Waals surface area contributed by atoms with Crippen LogP contribution in [0.3, 0.4) is 0 Å². The van der Waals surface area contributed by atoms with Crippen LogP contribution in [0.4, 0.5) is 0 Å². The van der Waals surface area contributed by atoms with Gasteiger partial charge in [0.15, 0.2) is 5.78 Å². The zero-order valence-electron chi connectivity index (χ0n) is 4.66. The molecule has 2 nitrogen and oxygen atoms in total. The fourth-order valence-corrected chi connectivity index (χ4v) is 0.710. The molecule has 0 aromatic carbocycles. The summed E-state index contributed by atoms with van der Waals surface area (Å²) in [7, 11) is 0. The van der Waals surface area contributed by atoms with Gasteiger partial charge in [0.2, 0.25) is 0 Å². The van der Waals surface area contributed by atoms with Gasteiger partial charge in [-0.05, 0) is 6.08 Å². The largest absolute Gasteiger partial charge is 0.384 e. The minimum atomic E-state index is -0.769. The third-order valence-electron chi connectivity index (χ3n) is 1.35. The molecular formula is C6H8O2. The molecule has 1 aliphatic carbocycles. The van der Waals surface area contributed by atoms with Crippen LogP contribution in [0.2, 0.25) is 0 Å². The fraction of sp³-hybridized carbons (Fsp3) is 0.500. The monoisotopic (exact) mass is 112 g/mol. The lowest BCUT2D eigenvalue weighted by molar-refractivity contribution is -0.122. The van der Waals surface area contributed by atoms with Crippen molar-refractivity contribution >= 4 is 5.78 Å². The van der Waals surface area contributed by atoms with Crippen LogP contribution >= 0.6 is 0 Å². The van der Waals surface area contributed by atoms with Crippen LogP contribution in [0.25, 0.3) is 0 Å². The molecule has 1 rings (SSSR count). The number of hydrogen-bond donors (Lipinski definition) is 1. The zero-order chi connectivity index (χ0) is 6.15. The predicted molar refractivity (Wildman–Crippen MR) is 29.3 cm³/mol. The first-order valence-electron chi connectivity index (χ1n) is 2.62. The van der Waals surface area contributed by atoms with Gasteiger partial charge >= 0.3 is 0 Å². The van der Waals surface area contributed by atoms with E-state index in [-0.39, 0.29) is 11.7 Å². The summed E-state index contributed by atoms with van der Waals surface area (Å²) in [4.78, 5) is 10.4. The van der Waals surface area contributed by atoms with Crippen LogP contribution < -0.4 is 0 Å². The second-order valence-electron chi connectivity index (χ2n) is 2.07. The van der Waals surface area contributed by atoms with Crippen molar-refractivity contribution in [1.29, 1.82) is 0 Å². The molecule has 8 heavy (non-hydrogen) atoms. The molecule has 0 saturated carbocycles. The second-order valence-corrected chi connectivity index (χ2v) is 2.07. The van der Waals surface area contributed by atoms with Crippen molar-refractivity contribution in [2.45, 2.75) is 13.0 Å². The molecule has 0 saturated heterocycles. The van der Waals surface area contributed by atoms with Gasteiger partial charge in [0.05, 0.1) is 0 Å². The summed E-state index contributed by atoms with van der Waals surface area (Å²) in [5.41, 5.74) is 0. The highest BCUT2D eigenvalue weighted by Gasteiger charge is 2.23. The van der Waals surface area contributed by atoms with Crippen molar-refractivity contribution in [1.82, 2.24) is 0 Å². The summed E-state index contributed by atoms with van der Waals surface area (Å²) < 4.78 is 0. The molecule has 2 atom stereocenters. The van der Waals surface area contributed by atoms with E-state index in [1.807, 2.05) is 6.92 Å². The standard InChI is InChI=1S/C6H8O2/c1-4-2-3-5(7)6(4)8/h2-4,6,8H,1H3. The van der Waals surface area contributed by atoms with Gasteiger partial charge in [-0.1, -0.05) is 13.0 Å². The summed E-state index contributed by atoms with van der Waals surface area (Å²) in [5.74, 6) is -0.153. The lowest BCUT2D eigenvalue weighted by atomic mass is 10.1. The van der Waals surface area contributed by atoms with Gasteiger partial charge in [0.1, 0.15) is 6.10 Å². The quantitative estimate of drug-likeness (QED) is 0.483. The molecule has 1 aliphatic rings. The molecule has 0 fully saturated rings. The van der Waals surface area contributed by atoms with Crippen molar-refractivity contribution in [3.05, 3.63) is 12.2 Å². The molecule has 1 N–H and O–H groups in total. The Bertz CT molecular complexity index is 137. The summed E-state index contributed by atoms with van der Waals surface area (Å²) in [5, 5.41) is 8.85. The first-order chi connectivity index (χ1) is 3.72. The Balaban J connectivity index is 2.69. The van der Waals surface area contributed by atoms with Crippen molar-refractivity contribution in [3.8, 4) is 0 Å². The molecule has 0 spiro atoms. The number of aliphatic hydroxyl groups excluding tert-OH is 1. The van der Waals surface area contributed by atoms with Crippen molar-refractivity contribution < 1.29 is 9.90 Å². The highest BCUT2D eigenvalue weighted by Crippen LogP contribution is 2.12. The normalized spacial score (nSPS) is 36.5. The third kappa shape index (κ3) is 0.670. The van der Waals surface area contributed by atoms with Gasteiger partial charge in [-0.3, -0.25) is 4.79 Å². The van der Waals surface area contributed by atoms with Crippen molar-refractivity contribution in [2.24, 2.45) is 5.92 Å². The van der Waals surface area contributed by atoms with Crippen LogP contribution in [0.15, 0.2) is 12.2 Å². The maximum absolute atomic E-state index is 10.4. The maximum atomic E-state index is 10.4. The predicted octanol–water partition coefficient (Wildman–Crippen LogP) is 0.122. The minimum absolute atomic E-state index is 0.0162. The average molecular weight is 112 g/mol. The molecular weight excluding hydrogens is 104 g/mol. The van der Waals surface area contributed by atoms with Gasteiger partial charge in [0, 0.05) is 5.92 Å². The topological polar surface area (TPSA) is 37.3 Å². The smallest absolute Gasteiger partial charge is 0.184 e. The molecule has 0 aromatic rings. The lowest BCUT2D eigenvalue weighted by Crippen LogP contribution is -2.18. The molecule has 0 heterocycles. The number of carbonyl (C=O) groups is 1. The van der Waals surface area contributed by atoms with E-state index in [0.717, 1.165) is 0 Å². The fourth-order valence-electron chi connectivity index (χ4n) is 0.710. The molecule has 2 unspecified atom stereocenters. The minimum Gasteiger partial charge on any atom is -0.384 e. The van der Waals surface area contributed by atoms with Crippen LogP contribution in [0.5, 0.6) is 0 Å². The Morgan fingerprint density at radius 1 is 1.75 bits per heavy atom. The molecule has 0 amide bonds. The van der Waals surface area contributed by atoms with Crippen LogP contribution in [0, 0.1) is 5.92 Å².